The van der Waals surface area contributed by atoms with Crippen LogP contribution in [-0.2, 0) is 6.42 Å². The van der Waals surface area contributed by atoms with Gasteiger partial charge in [0.2, 0.25) is 0 Å². The summed E-state index contributed by atoms with van der Waals surface area (Å²) in [5.74, 6) is 1.14. The summed E-state index contributed by atoms with van der Waals surface area (Å²) >= 11 is 6.32. The second-order valence-corrected chi connectivity index (χ2v) is 11.1. The van der Waals surface area contributed by atoms with Crippen molar-refractivity contribution in [2.45, 2.75) is 63.5 Å². The molecule has 0 amide bonds. The van der Waals surface area contributed by atoms with Crippen LogP contribution in [0.4, 0.5) is 8.78 Å². The molecular weight excluding hydrogens is 330 g/mol. The maximum absolute atomic E-state index is 13.2. The van der Waals surface area contributed by atoms with Crippen molar-refractivity contribution < 1.29 is 8.78 Å². The molecule has 0 N–H and O–H groups in total. The topological polar surface area (TPSA) is 0 Å². The first-order valence-electron chi connectivity index (χ1n) is 9.06. The minimum atomic E-state index is -0.747. The maximum atomic E-state index is 13.2. The van der Waals surface area contributed by atoms with Gasteiger partial charge in [0.25, 0.3) is 0 Å². The molecule has 0 spiro atoms. The largest absolute Gasteiger partial charge is 0.204 e. The van der Waals surface area contributed by atoms with Crippen molar-refractivity contribution in [3.05, 3.63) is 35.4 Å². The van der Waals surface area contributed by atoms with Crippen LogP contribution in [-0.4, -0.2) is 8.11 Å². The van der Waals surface area contributed by atoms with Crippen molar-refractivity contribution in [2.75, 3.05) is 0 Å². The van der Waals surface area contributed by atoms with Crippen LogP contribution in [0.25, 0.3) is 0 Å². The van der Waals surface area contributed by atoms with Crippen LogP contribution in [0.2, 0.25) is 12.1 Å². The first-order valence-corrected chi connectivity index (χ1v) is 12.0. The number of rotatable bonds is 4. The molecule has 1 heterocycles. The Balaban J connectivity index is 1.41. The zero-order chi connectivity index (χ0) is 16.2. The fraction of sp³-hybridized carbons (Fsp3) is 0.684. The van der Waals surface area contributed by atoms with Crippen molar-refractivity contribution in [3.63, 3.8) is 0 Å². The molecule has 4 heteroatoms. The Morgan fingerprint density at radius 1 is 0.913 bits per heavy atom. The Morgan fingerprint density at radius 3 is 2.22 bits per heavy atom. The molecule has 1 radical (unpaired) electrons. The van der Waals surface area contributed by atoms with Crippen LogP contribution >= 0.6 is 11.1 Å². The lowest BCUT2D eigenvalue weighted by Crippen LogP contribution is -2.26. The molecular formula is C19H26ClF2Si. The van der Waals surface area contributed by atoms with Crippen molar-refractivity contribution in [1.82, 2.24) is 0 Å². The van der Waals surface area contributed by atoms with Gasteiger partial charge in [-0.3, -0.25) is 0 Å². The van der Waals surface area contributed by atoms with E-state index in [1.807, 2.05) is 0 Å². The summed E-state index contributed by atoms with van der Waals surface area (Å²) in [4.78, 5) is 0. The van der Waals surface area contributed by atoms with Crippen LogP contribution in [0.1, 0.15) is 50.5 Å². The fourth-order valence-electron chi connectivity index (χ4n) is 4.44. The Hall–Kier alpha value is -0.413. The molecule has 23 heavy (non-hydrogen) atoms. The van der Waals surface area contributed by atoms with E-state index >= 15 is 0 Å². The van der Waals surface area contributed by atoms with Crippen molar-refractivity contribution in [2.24, 2.45) is 17.8 Å². The summed E-state index contributed by atoms with van der Waals surface area (Å²) in [5, 5.41) is 0. The van der Waals surface area contributed by atoms with Crippen molar-refractivity contribution >= 4 is 19.2 Å². The van der Waals surface area contributed by atoms with E-state index in [4.69, 9.17) is 11.1 Å². The van der Waals surface area contributed by atoms with Gasteiger partial charge in [0, 0.05) is 0 Å². The Bertz CT molecular complexity index is 506. The molecule has 0 aromatic heterocycles. The van der Waals surface area contributed by atoms with E-state index in [0.717, 1.165) is 36.2 Å². The van der Waals surface area contributed by atoms with E-state index in [9.17, 15) is 8.78 Å². The Morgan fingerprint density at radius 2 is 1.57 bits per heavy atom. The zero-order valence-corrected chi connectivity index (χ0v) is 15.4. The minimum absolute atomic E-state index is 0.504. The number of aryl methyl sites for hydroxylation is 1. The third kappa shape index (κ3) is 4.79. The van der Waals surface area contributed by atoms with Gasteiger partial charge in [-0.1, -0.05) is 31.7 Å². The first-order chi connectivity index (χ1) is 11.1. The quantitative estimate of drug-likeness (QED) is 0.436. The molecule has 0 atom stereocenters. The van der Waals surface area contributed by atoms with Gasteiger partial charge >= 0.3 is 0 Å². The molecule has 127 valence electrons. The van der Waals surface area contributed by atoms with E-state index in [1.54, 1.807) is 6.07 Å². The molecule has 2 fully saturated rings. The van der Waals surface area contributed by atoms with E-state index < -0.39 is 19.7 Å². The smallest absolute Gasteiger partial charge is 0.165 e. The number of halogens is 3. The van der Waals surface area contributed by atoms with Crippen LogP contribution < -0.4 is 0 Å². The lowest BCUT2D eigenvalue weighted by molar-refractivity contribution is 0.187. The van der Waals surface area contributed by atoms with E-state index in [1.165, 1.54) is 62.7 Å². The van der Waals surface area contributed by atoms with Gasteiger partial charge in [-0.05, 0) is 73.2 Å². The third-order valence-electron chi connectivity index (χ3n) is 5.96. The molecule has 1 saturated carbocycles. The third-order valence-corrected chi connectivity index (χ3v) is 8.75. The molecule has 1 aliphatic carbocycles. The van der Waals surface area contributed by atoms with Gasteiger partial charge in [0.15, 0.2) is 19.7 Å². The summed E-state index contributed by atoms with van der Waals surface area (Å²) in [5.41, 5.74) is 0.926. The van der Waals surface area contributed by atoms with Crippen LogP contribution in [0, 0.1) is 29.4 Å². The average Bonchev–Trinajstić information content (AvgIpc) is 2.57. The molecule has 0 nitrogen and oxygen atoms in total. The summed E-state index contributed by atoms with van der Waals surface area (Å²) in [7, 11) is -0.504. The maximum Gasteiger partial charge on any atom is 0.165 e. The monoisotopic (exact) mass is 355 g/mol. The van der Waals surface area contributed by atoms with E-state index in [0.29, 0.717) is 0 Å². The predicted molar refractivity (Wildman–Crippen MR) is 94.1 cm³/mol. The van der Waals surface area contributed by atoms with Gasteiger partial charge in [-0.15, -0.1) is 0 Å². The van der Waals surface area contributed by atoms with Gasteiger partial charge < -0.3 is 0 Å². The van der Waals surface area contributed by atoms with Gasteiger partial charge in [0.05, 0.1) is 0 Å². The normalized spacial score (nSPS) is 27.3. The summed E-state index contributed by atoms with van der Waals surface area (Å²) < 4.78 is 26.2. The lowest BCUT2D eigenvalue weighted by Gasteiger charge is -2.36. The number of benzene rings is 1. The molecule has 3 rings (SSSR count). The van der Waals surface area contributed by atoms with E-state index in [2.05, 4.69) is 0 Å². The highest BCUT2D eigenvalue weighted by Crippen LogP contribution is 2.41. The highest BCUT2D eigenvalue weighted by molar-refractivity contribution is 7.07. The Kier molecular flexibility index (Phi) is 6.14. The summed E-state index contributed by atoms with van der Waals surface area (Å²) in [6.07, 6.45) is 10.0. The predicted octanol–water partition coefficient (Wildman–Crippen LogP) is 6.34. The SMILES string of the molecule is Fc1ccc(CCC2CCC(C3CC[Si](Cl)CC3)CC2)cc1F. The number of hydrogen-bond donors (Lipinski definition) is 0. The lowest BCUT2D eigenvalue weighted by atomic mass is 9.73. The Labute approximate surface area is 144 Å². The van der Waals surface area contributed by atoms with Gasteiger partial charge in [0.1, 0.15) is 0 Å². The number of hydrogen-bond acceptors (Lipinski definition) is 0. The first kappa shape index (κ1) is 17.4. The standard InChI is InChI=1S/C19H26ClF2Si/c20-23-11-9-17(10-12-23)16-6-3-14(4-7-16)1-2-15-5-8-18(21)19(22)13-15/h5,8,13-14,16-17H,1-4,6-7,9-12H2. The van der Waals surface area contributed by atoms with E-state index in [-0.39, 0.29) is 0 Å². The van der Waals surface area contributed by atoms with Crippen LogP contribution in [0.3, 0.4) is 0 Å². The fourth-order valence-corrected chi connectivity index (χ4v) is 6.71. The van der Waals surface area contributed by atoms with Gasteiger partial charge in [-0.25, -0.2) is 8.78 Å². The van der Waals surface area contributed by atoms with Gasteiger partial charge in [-0.2, -0.15) is 11.1 Å². The molecule has 2 aliphatic rings. The van der Waals surface area contributed by atoms with Crippen LogP contribution in [0.5, 0.6) is 0 Å². The second kappa shape index (κ2) is 8.11. The summed E-state index contributed by atoms with van der Waals surface area (Å²) in [6.45, 7) is 0. The molecule has 1 aliphatic heterocycles. The van der Waals surface area contributed by atoms with Crippen LogP contribution in [0.15, 0.2) is 18.2 Å². The summed E-state index contributed by atoms with van der Waals surface area (Å²) in [6, 6.07) is 6.92. The zero-order valence-electron chi connectivity index (χ0n) is 13.7. The molecule has 1 aromatic rings. The molecule has 0 unspecified atom stereocenters. The highest BCUT2D eigenvalue weighted by atomic mass is 35.6. The highest BCUT2D eigenvalue weighted by Gasteiger charge is 2.30. The minimum Gasteiger partial charge on any atom is -0.204 e. The molecule has 1 saturated heterocycles. The molecule has 0 bridgehead atoms. The average molecular weight is 356 g/mol. The van der Waals surface area contributed by atoms with Crippen molar-refractivity contribution in [1.29, 1.82) is 0 Å². The van der Waals surface area contributed by atoms with Crippen molar-refractivity contribution in [3.8, 4) is 0 Å². The second-order valence-electron chi connectivity index (χ2n) is 7.42. The molecule has 1 aromatic carbocycles.